The van der Waals surface area contributed by atoms with Crippen LogP contribution in [-0.2, 0) is 17.6 Å². The van der Waals surface area contributed by atoms with E-state index in [1.807, 2.05) is 11.0 Å². The van der Waals surface area contributed by atoms with Crippen LogP contribution in [0.5, 0.6) is 5.75 Å². The molecule has 1 aliphatic heterocycles. The lowest BCUT2D eigenvalue weighted by atomic mass is 9.98. The van der Waals surface area contributed by atoms with Crippen LogP contribution in [0.25, 0.3) is 0 Å². The number of rotatable bonds is 7. The van der Waals surface area contributed by atoms with E-state index < -0.39 is 0 Å². The summed E-state index contributed by atoms with van der Waals surface area (Å²) in [6, 6.07) is 11.8. The van der Waals surface area contributed by atoms with Gasteiger partial charge in [-0.15, -0.1) is 0 Å². The Morgan fingerprint density at radius 3 is 2.72 bits per heavy atom. The van der Waals surface area contributed by atoms with Crippen molar-refractivity contribution in [2.24, 2.45) is 0 Å². The Kier molecular flexibility index (Phi) is 5.43. The summed E-state index contributed by atoms with van der Waals surface area (Å²) in [6.07, 6.45) is 3.13. The highest BCUT2D eigenvalue weighted by Crippen LogP contribution is 2.24. The van der Waals surface area contributed by atoms with Crippen molar-refractivity contribution in [3.8, 4) is 5.75 Å². The second kappa shape index (κ2) is 7.92. The van der Waals surface area contributed by atoms with E-state index in [-0.39, 0.29) is 18.3 Å². The van der Waals surface area contributed by atoms with Crippen LogP contribution in [0, 0.1) is 5.82 Å². The van der Waals surface area contributed by atoms with Gasteiger partial charge >= 0.3 is 0 Å². The first-order chi connectivity index (χ1) is 12.2. The number of carbonyl (C=O) groups excluding carboxylic acids is 2. The Labute approximate surface area is 146 Å². The zero-order chi connectivity index (χ0) is 17.6. The number of hydrogen-bond donors (Lipinski definition) is 0. The SMILES string of the molecule is O=CCOc1ccc2c(c1)CCN(CCCc1ccc(F)cc1)C2=O. The van der Waals surface area contributed by atoms with Gasteiger partial charge in [0.05, 0.1) is 0 Å². The van der Waals surface area contributed by atoms with Crippen molar-refractivity contribution in [3.63, 3.8) is 0 Å². The molecule has 25 heavy (non-hydrogen) atoms. The topological polar surface area (TPSA) is 46.6 Å². The standard InChI is InChI=1S/C20H20FNO3/c21-17-5-3-15(4-6-17)2-1-10-22-11-9-16-14-18(25-13-12-23)7-8-19(16)20(22)24/h3-8,12,14H,1-2,9-11,13H2. The molecule has 2 aromatic carbocycles. The summed E-state index contributed by atoms with van der Waals surface area (Å²) >= 11 is 0. The minimum Gasteiger partial charge on any atom is -0.486 e. The molecule has 1 aliphatic rings. The van der Waals surface area contributed by atoms with Gasteiger partial charge in [0.2, 0.25) is 0 Å². The lowest BCUT2D eigenvalue weighted by Crippen LogP contribution is -2.38. The average Bonchev–Trinajstić information content (AvgIpc) is 2.63. The molecule has 130 valence electrons. The van der Waals surface area contributed by atoms with Gasteiger partial charge in [-0.2, -0.15) is 0 Å². The maximum atomic E-state index is 12.9. The van der Waals surface area contributed by atoms with Gasteiger partial charge in [0.25, 0.3) is 5.91 Å². The van der Waals surface area contributed by atoms with E-state index in [4.69, 9.17) is 4.74 Å². The fourth-order valence-corrected chi connectivity index (χ4v) is 3.07. The molecular weight excluding hydrogens is 321 g/mol. The van der Waals surface area contributed by atoms with Gasteiger partial charge in [-0.3, -0.25) is 9.59 Å². The molecule has 4 nitrogen and oxygen atoms in total. The Bertz CT molecular complexity index is 758. The molecule has 0 spiro atoms. The number of halogens is 1. The van der Waals surface area contributed by atoms with Gasteiger partial charge in [0, 0.05) is 18.7 Å². The zero-order valence-electron chi connectivity index (χ0n) is 13.9. The van der Waals surface area contributed by atoms with Crippen molar-refractivity contribution in [1.29, 1.82) is 0 Å². The van der Waals surface area contributed by atoms with Crippen LogP contribution in [-0.4, -0.2) is 36.8 Å². The van der Waals surface area contributed by atoms with E-state index in [1.54, 1.807) is 24.3 Å². The number of nitrogens with zero attached hydrogens (tertiary/aromatic N) is 1. The second-order valence-electron chi connectivity index (χ2n) is 6.07. The predicted octanol–water partition coefficient (Wildman–Crippen LogP) is 3.03. The smallest absolute Gasteiger partial charge is 0.254 e. The van der Waals surface area contributed by atoms with Crippen LogP contribution in [0.2, 0.25) is 0 Å². The van der Waals surface area contributed by atoms with E-state index in [2.05, 4.69) is 0 Å². The molecule has 0 radical (unpaired) electrons. The van der Waals surface area contributed by atoms with Crippen molar-refractivity contribution in [2.45, 2.75) is 19.3 Å². The third-order valence-corrected chi connectivity index (χ3v) is 4.37. The first-order valence-corrected chi connectivity index (χ1v) is 8.40. The number of aryl methyl sites for hydroxylation is 1. The van der Waals surface area contributed by atoms with Crippen molar-refractivity contribution in [1.82, 2.24) is 4.90 Å². The molecular formula is C20H20FNO3. The quantitative estimate of drug-likeness (QED) is 0.727. The molecule has 0 aliphatic carbocycles. The predicted molar refractivity (Wildman–Crippen MR) is 92.3 cm³/mol. The van der Waals surface area contributed by atoms with Gasteiger partial charge < -0.3 is 9.64 Å². The van der Waals surface area contributed by atoms with Gasteiger partial charge in [0.1, 0.15) is 18.2 Å². The summed E-state index contributed by atoms with van der Waals surface area (Å²) in [5, 5.41) is 0. The van der Waals surface area contributed by atoms with Gasteiger partial charge in [-0.25, -0.2) is 4.39 Å². The molecule has 2 aromatic rings. The van der Waals surface area contributed by atoms with Crippen LogP contribution < -0.4 is 4.74 Å². The third kappa shape index (κ3) is 4.24. The van der Waals surface area contributed by atoms with E-state index in [9.17, 15) is 14.0 Å². The Balaban J connectivity index is 1.57. The number of ether oxygens (including phenoxy) is 1. The zero-order valence-corrected chi connectivity index (χ0v) is 13.9. The van der Waals surface area contributed by atoms with Crippen molar-refractivity contribution < 1.29 is 18.7 Å². The molecule has 0 N–H and O–H groups in total. The summed E-state index contributed by atoms with van der Waals surface area (Å²) in [6.45, 7) is 1.37. The van der Waals surface area contributed by atoms with Crippen LogP contribution in [0.4, 0.5) is 4.39 Å². The van der Waals surface area contributed by atoms with Crippen LogP contribution in [0.3, 0.4) is 0 Å². The summed E-state index contributed by atoms with van der Waals surface area (Å²) in [4.78, 5) is 24.8. The highest BCUT2D eigenvalue weighted by atomic mass is 19.1. The summed E-state index contributed by atoms with van der Waals surface area (Å²) in [5.74, 6) is 0.411. The first-order valence-electron chi connectivity index (χ1n) is 8.40. The molecule has 3 rings (SSSR count). The van der Waals surface area contributed by atoms with Crippen molar-refractivity contribution >= 4 is 12.2 Å². The molecule has 5 heteroatoms. The van der Waals surface area contributed by atoms with Crippen LogP contribution >= 0.6 is 0 Å². The van der Waals surface area contributed by atoms with Gasteiger partial charge in [0.15, 0.2) is 6.29 Å². The third-order valence-electron chi connectivity index (χ3n) is 4.37. The Morgan fingerprint density at radius 2 is 1.96 bits per heavy atom. The minimum absolute atomic E-state index is 0.0161. The lowest BCUT2D eigenvalue weighted by Gasteiger charge is -2.29. The van der Waals surface area contributed by atoms with Crippen LogP contribution in [0.15, 0.2) is 42.5 Å². The molecule has 0 saturated heterocycles. The maximum absolute atomic E-state index is 12.9. The van der Waals surface area contributed by atoms with E-state index in [0.29, 0.717) is 30.7 Å². The average molecular weight is 341 g/mol. The maximum Gasteiger partial charge on any atom is 0.254 e. The molecule has 1 heterocycles. The molecule has 0 aromatic heterocycles. The highest BCUT2D eigenvalue weighted by molar-refractivity contribution is 5.96. The van der Waals surface area contributed by atoms with E-state index in [0.717, 1.165) is 30.4 Å². The van der Waals surface area contributed by atoms with E-state index >= 15 is 0 Å². The van der Waals surface area contributed by atoms with Crippen molar-refractivity contribution in [2.75, 3.05) is 19.7 Å². The van der Waals surface area contributed by atoms with Crippen LogP contribution in [0.1, 0.15) is 27.9 Å². The number of carbonyl (C=O) groups is 2. The number of hydrogen-bond acceptors (Lipinski definition) is 3. The minimum atomic E-state index is -0.233. The lowest BCUT2D eigenvalue weighted by molar-refractivity contribution is -0.109. The summed E-state index contributed by atoms with van der Waals surface area (Å²) < 4.78 is 18.2. The summed E-state index contributed by atoms with van der Waals surface area (Å²) in [5.41, 5.74) is 2.73. The highest BCUT2D eigenvalue weighted by Gasteiger charge is 2.24. The number of amides is 1. The first kappa shape index (κ1) is 17.1. The Hall–Kier alpha value is -2.69. The molecule has 0 unspecified atom stereocenters. The Morgan fingerprint density at radius 1 is 1.16 bits per heavy atom. The van der Waals surface area contributed by atoms with Crippen molar-refractivity contribution in [3.05, 3.63) is 65.0 Å². The fourth-order valence-electron chi connectivity index (χ4n) is 3.07. The number of aldehydes is 1. The monoisotopic (exact) mass is 341 g/mol. The fraction of sp³-hybridized carbons (Fsp3) is 0.300. The second-order valence-corrected chi connectivity index (χ2v) is 6.07. The molecule has 0 saturated carbocycles. The number of benzene rings is 2. The number of fused-ring (bicyclic) bond motifs is 1. The molecule has 0 bridgehead atoms. The molecule has 0 fully saturated rings. The van der Waals surface area contributed by atoms with Gasteiger partial charge in [-0.05, 0) is 60.7 Å². The summed E-state index contributed by atoms with van der Waals surface area (Å²) in [7, 11) is 0. The molecule has 1 amide bonds. The molecule has 0 atom stereocenters. The van der Waals surface area contributed by atoms with E-state index in [1.165, 1.54) is 12.1 Å². The normalized spacial score (nSPS) is 13.5. The largest absolute Gasteiger partial charge is 0.486 e. The van der Waals surface area contributed by atoms with Gasteiger partial charge in [-0.1, -0.05) is 12.1 Å².